The molecular formula is C40H46N6O8. The topological polar surface area (TPSA) is 187 Å². The molecule has 0 spiro atoms. The predicted octanol–water partition coefficient (Wildman–Crippen LogP) is 4.32. The zero-order valence-electron chi connectivity index (χ0n) is 30.8. The first-order valence-electron chi connectivity index (χ1n) is 17.9. The SMILES string of the molecule is COc1cc(C(=O)Nc2cccc(-c3cccc(NC(=O)c4cc(OC)c(CN5CC[C@H](C(O)O)C5)cn4)c3C)c2C)ncc1CN1CC[C@H](C(=O)O)C1. The predicted molar refractivity (Wildman–Crippen MR) is 201 cm³/mol. The Bertz CT molecular complexity index is 2040. The molecule has 6 rings (SSSR count). The van der Waals surface area contributed by atoms with Gasteiger partial charge in [-0.05, 0) is 74.2 Å². The highest BCUT2D eigenvalue weighted by Gasteiger charge is 2.30. The third kappa shape index (κ3) is 8.52. The first-order chi connectivity index (χ1) is 25.9. The van der Waals surface area contributed by atoms with Crippen molar-refractivity contribution >= 4 is 29.2 Å². The molecule has 2 saturated heterocycles. The van der Waals surface area contributed by atoms with Gasteiger partial charge in [-0.3, -0.25) is 34.2 Å². The number of rotatable bonds is 13. The Kier molecular flexibility index (Phi) is 11.9. The van der Waals surface area contributed by atoms with Crippen LogP contribution >= 0.6 is 0 Å². The smallest absolute Gasteiger partial charge is 0.307 e. The molecule has 0 unspecified atom stereocenters. The van der Waals surface area contributed by atoms with Crippen LogP contribution in [0.25, 0.3) is 11.1 Å². The summed E-state index contributed by atoms with van der Waals surface area (Å²) in [5.74, 6) is -1.18. The average Bonchev–Trinajstić information content (AvgIpc) is 3.84. The Morgan fingerprint density at radius 3 is 1.69 bits per heavy atom. The number of carboxylic acids is 1. The number of anilines is 2. The standard InChI is InChI=1S/C40H46N6O8/c1-23-29(7-5-9-31(23)43-37(47)33-15-35(53-3)27(17-41-33)21-45-13-11-25(19-45)39(49)50)30-8-6-10-32(24(30)2)44-38(48)34-16-36(54-4)28(18-42-34)22-46-14-12-26(20-46)40(51)52/h5-10,15-18,25-26,39,49-50H,11-14,19-22H2,1-4H3,(H,43,47)(H,44,48)(H,51,52)/t25-,26-/m0/s1. The van der Waals surface area contributed by atoms with Gasteiger partial charge in [-0.25, -0.2) is 0 Å². The average molecular weight is 739 g/mol. The zero-order chi connectivity index (χ0) is 38.5. The van der Waals surface area contributed by atoms with Crippen LogP contribution in [0, 0.1) is 25.7 Å². The van der Waals surface area contributed by atoms with Gasteiger partial charge in [0.25, 0.3) is 11.8 Å². The van der Waals surface area contributed by atoms with E-state index in [1.54, 1.807) is 24.5 Å². The molecule has 14 nitrogen and oxygen atoms in total. The third-order valence-corrected chi connectivity index (χ3v) is 10.4. The number of nitrogens with one attached hydrogen (secondary N) is 2. The summed E-state index contributed by atoms with van der Waals surface area (Å²) >= 11 is 0. The van der Waals surface area contributed by atoms with Gasteiger partial charge in [0, 0.05) is 79.1 Å². The van der Waals surface area contributed by atoms with Gasteiger partial charge in [-0.2, -0.15) is 0 Å². The lowest BCUT2D eigenvalue weighted by molar-refractivity contribution is -0.141. The van der Waals surface area contributed by atoms with E-state index in [0.717, 1.165) is 39.9 Å². The highest BCUT2D eigenvalue weighted by Crippen LogP contribution is 2.35. The number of aliphatic hydroxyl groups excluding tert-OH is 1. The minimum Gasteiger partial charge on any atom is -0.496 e. The molecule has 0 radical (unpaired) electrons. The maximum Gasteiger partial charge on any atom is 0.307 e. The number of ether oxygens (including phenoxy) is 2. The van der Waals surface area contributed by atoms with Gasteiger partial charge in [0.15, 0.2) is 6.29 Å². The van der Waals surface area contributed by atoms with E-state index >= 15 is 0 Å². The lowest BCUT2D eigenvalue weighted by atomic mass is 9.94. The molecule has 0 bridgehead atoms. The van der Waals surface area contributed by atoms with Gasteiger partial charge in [-0.15, -0.1) is 0 Å². The van der Waals surface area contributed by atoms with Crippen molar-refractivity contribution in [2.24, 2.45) is 11.8 Å². The lowest BCUT2D eigenvalue weighted by Gasteiger charge is -2.19. The van der Waals surface area contributed by atoms with Gasteiger partial charge in [-0.1, -0.05) is 24.3 Å². The molecule has 2 aromatic heterocycles. The van der Waals surface area contributed by atoms with Crippen LogP contribution in [0.1, 0.15) is 56.1 Å². The first kappa shape index (κ1) is 38.3. The molecule has 14 heteroatoms. The summed E-state index contributed by atoms with van der Waals surface area (Å²) in [6.07, 6.45) is 3.15. The van der Waals surface area contributed by atoms with E-state index in [4.69, 9.17) is 9.47 Å². The number of nitrogens with zero attached hydrogens (tertiary/aromatic N) is 4. The van der Waals surface area contributed by atoms with Gasteiger partial charge in [0.1, 0.15) is 22.9 Å². The number of pyridine rings is 2. The molecule has 4 heterocycles. The number of benzene rings is 2. The Balaban J connectivity index is 1.14. The molecule has 2 aromatic carbocycles. The van der Waals surface area contributed by atoms with Crippen molar-refractivity contribution in [3.05, 3.63) is 94.6 Å². The number of likely N-dealkylation sites (tertiary alicyclic amines) is 2. The number of carbonyl (C=O) groups excluding carboxylic acids is 2. The van der Waals surface area contributed by atoms with Crippen molar-refractivity contribution in [3.63, 3.8) is 0 Å². The quantitative estimate of drug-likeness (QED) is 0.123. The summed E-state index contributed by atoms with van der Waals surface area (Å²) in [6.45, 7) is 7.19. The van der Waals surface area contributed by atoms with Crippen LogP contribution in [0.4, 0.5) is 11.4 Å². The maximum atomic E-state index is 13.4. The summed E-state index contributed by atoms with van der Waals surface area (Å²) in [5.41, 5.74) is 6.52. The minimum atomic E-state index is -1.35. The van der Waals surface area contributed by atoms with Crippen LogP contribution in [0.5, 0.6) is 11.5 Å². The van der Waals surface area contributed by atoms with E-state index in [1.165, 1.54) is 14.2 Å². The van der Waals surface area contributed by atoms with Gasteiger partial charge < -0.3 is 35.4 Å². The number of carbonyl (C=O) groups is 3. The molecule has 2 atom stereocenters. The molecule has 0 aliphatic carbocycles. The van der Waals surface area contributed by atoms with Crippen LogP contribution in [0.3, 0.4) is 0 Å². The first-order valence-corrected chi connectivity index (χ1v) is 17.9. The van der Waals surface area contributed by atoms with E-state index in [9.17, 15) is 29.7 Å². The monoisotopic (exact) mass is 738 g/mol. The molecule has 2 aliphatic heterocycles. The van der Waals surface area contributed by atoms with E-state index in [-0.39, 0.29) is 17.3 Å². The molecule has 284 valence electrons. The highest BCUT2D eigenvalue weighted by molar-refractivity contribution is 6.05. The third-order valence-electron chi connectivity index (χ3n) is 10.4. The molecule has 2 fully saturated rings. The number of aliphatic carboxylic acids is 1. The van der Waals surface area contributed by atoms with Crippen LogP contribution in [-0.4, -0.2) is 99.6 Å². The van der Waals surface area contributed by atoms with E-state index in [0.29, 0.717) is 68.4 Å². The van der Waals surface area contributed by atoms with Crippen molar-refractivity contribution in [2.75, 3.05) is 51.0 Å². The number of aliphatic hydroxyl groups is 2. The molecule has 4 aromatic rings. The Morgan fingerprint density at radius 2 is 1.26 bits per heavy atom. The number of hydrogen-bond acceptors (Lipinski definition) is 11. The number of carboxylic acid groups (broad SMARTS) is 1. The molecule has 54 heavy (non-hydrogen) atoms. The zero-order valence-corrected chi connectivity index (χ0v) is 30.8. The van der Waals surface area contributed by atoms with Crippen molar-refractivity contribution in [2.45, 2.75) is 46.1 Å². The van der Waals surface area contributed by atoms with E-state index in [2.05, 4.69) is 25.5 Å². The maximum absolute atomic E-state index is 13.4. The number of amides is 2. The summed E-state index contributed by atoms with van der Waals surface area (Å²) < 4.78 is 11.2. The normalized spacial score (nSPS) is 17.5. The number of aromatic nitrogens is 2. The fourth-order valence-corrected chi connectivity index (χ4v) is 7.20. The Morgan fingerprint density at radius 1 is 0.778 bits per heavy atom. The second kappa shape index (κ2) is 16.7. The second-order valence-electron chi connectivity index (χ2n) is 13.9. The van der Waals surface area contributed by atoms with Gasteiger partial charge in [0.05, 0.1) is 20.1 Å². The van der Waals surface area contributed by atoms with E-state index in [1.807, 2.05) is 55.1 Å². The second-order valence-corrected chi connectivity index (χ2v) is 13.9. The Hall–Kier alpha value is -5.41. The fourth-order valence-electron chi connectivity index (χ4n) is 7.20. The van der Waals surface area contributed by atoms with Crippen molar-refractivity contribution < 1.29 is 39.2 Å². The molecular weight excluding hydrogens is 692 g/mol. The minimum absolute atomic E-state index is 0.176. The number of hydrogen-bond donors (Lipinski definition) is 5. The van der Waals surface area contributed by atoms with E-state index < -0.39 is 30.0 Å². The van der Waals surface area contributed by atoms with Crippen LogP contribution in [0.15, 0.2) is 60.9 Å². The molecule has 2 amide bonds. The van der Waals surface area contributed by atoms with Crippen molar-refractivity contribution in [1.29, 1.82) is 0 Å². The van der Waals surface area contributed by atoms with Crippen molar-refractivity contribution in [1.82, 2.24) is 19.8 Å². The van der Waals surface area contributed by atoms with Gasteiger partial charge in [0.2, 0.25) is 0 Å². The van der Waals surface area contributed by atoms with Gasteiger partial charge >= 0.3 is 5.97 Å². The summed E-state index contributed by atoms with van der Waals surface area (Å²) in [7, 11) is 3.07. The molecule has 0 saturated carbocycles. The lowest BCUT2D eigenvalue weighted by Crippen LogP contribution is -2.25. The summed E-state index contributed by atoms with van der Waals surface area (Å²) in [5, 5.41) is 34.4. The Labute approximate surface area is 313 Å². The highest BCUT2D eigenvalue weighted by atomic mass is 16.5. The molecule has 2 aliphatic rings. The number of methoxy groups -OCH3 is 2. The van der Waals surface area contributed by atoms with Crippen LogP contribution in [0.2, 0.25) is 0 Å². The largest absolute Gasteiger partial charge is 0.496 e. The van der Waals surface area contributed by atoms with Crippen molar-refractivity contribution in [3.8, 4) is 22.6 Å². The molecule has 5 N–H and O–H groups in total. The summed E-state index contributed by atoms with van der Waals surface area (Å²) in [4.78, 5) is 51.2. The summed E-state index contributed by atoms with van der Waals surface area (Å²) in [6, 6.07) is 14.5. The van der Waals surface area contributed by atoms with Crippen LogP contribution < -0.4 is 20.1 Å². The van der Waals surface area contributed by atoms with Crippen LogP contribution in [-0.2, 0) is 17.9 Å². The fraction of sp³-hybridized carbons (Fsp3) is 0.375.